The fourth-order valence-electron chi connectivity index (χ4n) is 3.50. The van der Waals surface area contributed by atoms with E-state index in [-0.39, 0.29) is 5.91 Å². The van der Waals surface area contributed by atoms with E-state index in [1.165, 1.54) is 12.5 Å². The van der Waals surface area contributed by atoms with E-state index >= 15 is 0 Å². The first-order chi connectivity index (χ1) is 12.4. The predicted molar refractivity (Wildman–Crippen MR) is 92.9 cm³/mol. The molecule has 1 amide bonds. The molecule has 26 heavy (non-hydrogen) atoms. The molecule has 8 heteroatoms. The number of alkyl halides is 3. The van der Waals surface area contributed by atoms with Gasteiger partial charge in [-0.1, -0.05) is 0 Å². The number of hydrogen-bond acceptors (Lipinski definition) is 4. The van der Waals surface area contributed by atoms with Gasteiger partial charge in [0.15, 0.2) is 0 Å². The average molecular weight is 370 g/mol. The average Bonchev–Trinajstić information content (AvgIpc) is 2.66. The van der Waals surface area contributed by atoms with Gasteiger partial charge in [-0.3, -0.25) is 9.69 Å². The lowest BCUT2D eigenvalue weighted by Gasteiger charge is -2.36. The van der Waals surface area contributed by atoms with Crippen LogP contribution in [0.3, 0.4) is 0 Å². The van der Waals surface area contributed by atoms with E-state index in [0.29, 0.717) is 25.3 Å². The molecule has 0 bridgehead atoms. The molecule has 1 aromatic rings. The van der Waals surface area contributed by atoms with Crippen LogP contribution in [0.25, 0.3) is 0 Å². The minimum absolute atomic E-state index is 0.233. The van der Waals surface area contributed by atoms with Gasteiger partial charge < -0.3 is 9.80 Å². The van der Waals surface area contributed by atoms with Gasteiger partial charge in [0.25, 0.3) is 0 Å². The minimum Gasteiger partial charge on any atom is -0.354 e. The second kappa shape index (κ2) is 8.24. The van der Waals surface area contributed by atoms with Crippen molar-refractivity contribution in [2.24, 2.45) is 0 Å². The van der Waals surface area contributed by atoms with Crippen LogP contribution in [0.2, 0.25) is 0 Å². The molecule has 0 atom stereocenters. The van der Waals surface area contributed by atoms with E-state index in [1.807, 2.05) is 9.80 Å². The van der Waals surface area contributed by atoms with E-state index in [0.717, 1.165) is 57.8 Å². The number of aromatic nitrogens is 1. The zero-order chi connectivity index (χ0) is 18.6. The van der Waals surface area contributed by atoms with Crippen molar-refractivity contribution in [2.75, 3.05) is 50.7 Å². The fourth-order valence-corrected chi connectivity index (χ4v) is 3.50. The highest BCUT2D eigenvalue weighted by molar-refractivity contribution is 5.76. The lowest BCUT2D eigenvalue weighted by molar-refractivity contribution is -0.137. The zero-order valence-corrected chi connectivity index (χ0v) is 14.8. The molecule has 0 spiro atoms. The topological polar surface area (TPSA) is 39.7 Å². The Morgan fingerprint density at radius 1 is 1.00 bits per heavy atom. The van der Waals surface area contributed by atoms with Gasteiger partial charge >= 0.3 is 6.18 Å². The molecule has 2 aliphatic rings. The summed E-state index contributed by atoms with van der Waals surface area (Å²) in [5.74, 6) is 0.804. The Hall–Kier alpha value is -1.83. The van der Waals surface area contributed by atoms with Crippen molar-refractivity contribution in [3.05, 3.63) is 23.9 Å². The second-order valence-electron chi connectivity index (χ2n) is 6.92. The highest BCUT2D eigenvalue weighted by atomic mass is 19.4. The molecule has 0 unspecified atom stereocenters. The smallest absolute Gasteiger partial charge is 0.354 e. The number of piperazine rings is 1. The summed E-state index contributed by atoms with van der Waals surface area (Å²) in [5.41, 5.74) is -0.726. The zero-order valence-electron chi connectivity index (χ0n) is 14.8. The molecule has 3 rings (SSSR count). The third-order valence-corrected chi connectivity index (χ3v) is 5.12. The maximum atomic E-state index is 12.6. The molecule has 0 saturated carbocycles. The van der Waals surface area contributed by atoms with E-state index in [4.69, 9.17) is 0 Å². The van der Waals surface area contributed by atoms with Crippen molar-refractivity contribution in [1.82, 2.24) is 14.8 Å². The van der Waals surface area contributed by atoms with Gasteiger partial charge in [-0.05, 0) is 31.4 Å². The molecule has 3 heterocycles. The van der Waals surface area contributed by atoms with Gasteiger partial charge in [-0.25, -0.2) is 4.98 Å². The molecule has 5 nitrogen and oxygen atoms in total. The summed E-state index contributed by atoms with van der Waals surface area (Å²) in [5, 5.41) is 0. The third-order valence-electron chi connectivity index (χ3n) is 5.12. The summed E-state index contributed by atoms with van der Waals surface area (Å²) >= 11 is 0. The molecule has 0 aromatic carbocycles. The molecular weight excluding hydrogens is 345 g/mol. The predicted octanol–water partition coefficient (Wildman–Crippen LogP) is 2.63. The second-order valence-corrected chi connectivity index (χ2v) is 6.92. The van der Waals surface area contributed by atoms with Crippen LogP contribution in [0.15, 0.2) is 18.3 Å². The number of likely N-dealkylation sites (tertiary alicyclic amines) is 1. The summed E-state index contributed by atoms with van der Waals surface area (Å²) in [6.07, 6.45) is 0.488. The number of nitrogens with zero attached hydrogens (tertiary/aromatic N) is 4. The molecule has 2 fully saturated rings. The van der Waals surface area contributed by atoms with Crippen LogP contribution in [0.1, 0.15) is 31.2 Å². The van der Waals surface area contributed by atoms with Crippen molar-refractivity contribution in [1.29, 1.82) is 0 Å². The van der Waals surface area contributed by atoms with Crippen LogP contribution >= 0.6 is 0 Å². The van der Waals surface area contributed by atoms with Gasteiger partial charge in [0, 0.05) is 58.4 Å². The summed E-state index contributed by atoms with van der Waals surface area (Å²) in [7, 11) is 0. The van der Waals surface area contributed by atoms with E-state index in [2.05, 4.69) is 9.88 Å². The Balaban J connectivity index is 1.43. The van der Waals surface area contributed by atoms with Crippen LogP contribution in [0.5, 0.6) is 0 Å². The van der Waals surface area contributed by atoms with Gasteiger partial charge in [-0.2, -0.15) is 13.2 Å². The molecule has 2 aliphatic heterocycles. The molecule has 1 aromatic heterocycles. The Labute approximate surface area is 151 Å². The van der Waals surface area contributed by atoms with Gasteiger partial charge in [0.1, 0.15) is 5.82 Å². The largest absolute Gasteiger partial charge is 0.417 e. The molecule has 0 aliphatic carbocycles. The highest BCUT2D eigenvalue weighted by Crippen LogP contribution is 2.29. The lowest BCUT2D eigenvalue weighted by Crippen LogP contribution is -2.48. The van der Waals surface area contributed by atoms with Crippen molar-refractivity contribution < 1.29 is 18.0 Å². The number of pyridine rings is 1. The van der Waals surface area contributed by atoms with E-state index in [1.54, 1.807) is 0 Å². The SMILES string of the molecule is O=C(CCN1CCN(c2ccc(C(F)(F)F)cn2)CC1)N1CCCCC1. The normalized spacial score (nSPS) is 19.7. The first-order valence-corrected chi connectivity index (χ1v) is 9.22. The molecule has 2 saturated heterocycles. The van der Waals surface area contributed by atoms with Crippen molar-refractivity contribution in [3.63, 3.8) is 0 Å². The van der Waals surface area contributed by atoms with Crippen molar-refractivity contribution in [2.45, 2.75) is 31.9 Å². The maximum absolute atomic E-state index is 12.6. The molecule has 0 N–H and O–H groups in total. The lowest BCUT2D eigenvalue weighted by atomic mass is 10.1. The van der Waals surface area contributed by atoms with Crippen LogP contribution < -0.4 is 4.90 Å². The Bertz CT molecular complexity index is 591. The van der Waals surface area contributed by atoms with E-state index in [9.17, 15) is 18.0 Å². The van der Waals surface area contributed by atoms with Crippen LogP contribution in [0.4, 0.5) is 19.0 Å². The number of halogens is 3. The van der Waals surface area contributed by atoms with Gasteiger partial charge in [0.05, 0.1) is 5.56 Å². The monoisotopic (exact) mass is 370 g/mol. The van der Waals surface area contributed by atoms with E-state index < -0.39 is 11.7 Å². The highest BCUT2D eigenvalue weighted by Gasteiger charge is 2.31. The first kappa shape index (κ1) is 18.9. The molecule has 144 valence electrons. The summed E-state index contributed by atoms with van der Waals surface area (Å²) in [6.45, 7) is 5.49. The number of hydrogen-bond donors (Lipinski definition) is 0. The van der Waals surface area contributed by atoms with Crippen molar-refractivity contribution in [3.8, 4) is 0 Å². The van der Waals surface area contributed by atoms with Crippen LogP contribution in [-0.2, 0) is 11.0 Å². The van der Waals surface area contributed by atoms with Crippen molar-refractivity contribution >= 4 is 11.7 Å². The number of carbonyl (C=O) groups is 1. The van der Waals surface area contributed by atoms with Gasteiger partial charge in [0.2, 0.25) is 5.91 Å². The summed E-state index contributed by atoms with van der Waals surface area (Å²) < 4.78 is 37.8. The Kier molecular flexibility index (Phi) is 6.01. The number of piperidine rings is 1. The number of carbonyl (C=O) groups excluding carboxylic acids is 1. The summed E-state index contributed by atoms with van der Waals surface area (Å²) in [6, 6.07) is 2.50. The Morgan fingerprint density at radius 2 is 1.69 bits per heavy atom. The van der Waals surface area contributed by atoms with Crippen LogP contribution in [0, 0.1) is 0 Å². The Morgan fingerprint density at radius 3 is 2.27 bits per heavy atom. The maximum Gasteiger partial charge on any atom is 0.417 e. The number of amides is 1. The minimum atomic E-state index is -4.36. The number of rotatable bonds is 4. The van der Waals surface area contributed by atoms with Gasteiger partial charge in [-0.15, -0.1) is 0 Å². The van der Waals surface area contributed by atoms with Crippen LogP contribution in [-0.4, -0.2) is 66.5 Å². The third kappa shape index (κ3) is 4.87. The molecular formula is C18H25F3N4O. The number of anilines is 1. The standard InChI is InChI=1S/C18H25F3N4O/c19-18(20,21)15-4-5-16(22-14-15)24-12-10-23(11-13-24)9-6-17(26)25-7-2-1-3-8-25/h4-5,14H,1-3,6-13H2. The first-order valence-electron chi connectivity index (χ1n) is 9.22. The quantitative estimate of drug-likeness (QED) is 0.817. The molecule has 0 radical (unpaired) electrons. The summed E-state index contributed by atoms with van der Waals surface area (Å²) in [4.78, 5) is 22.4. The fraction of sp³-hybridized carbons (Fsp3) is 0.667.